The predicted molar refractivity (Wildman–Crippen MR) is 135 cm³/mol. The van der Waals surface area contributed by atoms with Gasteiger partial charge in [-0.1, -0.05) is 25.3 Å². The average molecular weight is 556 g/mol. The zero-order valence-corrected chi connectivity index (χ0v) is 21.2. The Morgan fingerprint density at radius 2 is 1.81 bits per heavy atom. The van der Waals surface area contributed by atoms with Crippen LogP contribution in [0.1, 0.15) is 54.0 Å². The van der Waals surface area contributed by atoms with Crippen LogP contribution in [0.2, 0.25) is 0 Å². The van der Waals surface area contributed by atoms with Crippen LogP contribution in [0.15, 0.2) is 39.7 Å². The molecule has 1 aromatic carbocycles. The monoisotopic (exact) mass is 556 g/mol. The molecule has 1 fully saturated rings. The minimum absolute atomic E-state index is 0. The van der Waals surface area contributed by atoms with Crippen molar-refractivity contribution in [1.82, 2.24) is 10.6 Å². The zero-order chi connectivity index (χ0) is 22.3. The molecule has 8 nitrogen and oxygen atoms in total. The molecule has 1 saturated carbocycles. The molecule has 1 amide bonds. The number of hydrogen-bond acceptors (Lipinski definition) is 5. The number of nitrogens with two attached hydrogens (primary N) is 1. The Labute approximate surface area is 206 Å². The molecule has 0 spiro atoms. The minimum Gasteiger partial charge on any atom is -0.493 e. The highest BCUT2D eigenvalue weighted by molar-refractivity contribution is 14.0. The summed E-state index contributed by atoms with van der Waals surface area (Å²) in [5.74, 6) is 2.33. The lowest BCUT2D eigenvalue weighted by molar-refractivity contribution is 0.0972. The fourth-order valence-electron chi connectivity index (χ4n) is 4.21. The molecule has 0 bridgehead atoms. The number of benzene rings is 1. The van der Waals surface area contributed by atoms with Gasteiger partial charge in [0.2, 0.25) is 0 Å². The number of nitrogens with one attached hydrogen (secondary N) is 2. The summed E-state index contributed by atoms with van der Waals surface area (Å²) in [5.41, 5.74) is 6.47. The van der Waals surface area contributed by atoms with Gasteiger partial charge in [-0.25, -0.2) is 0 Å². The van der Waals surface area contributed by atoms with Gasteiger partial charge in [0.15, 0.2) is 23.2 Å². The van der Waals surface area contributed by atoms with E-state index in [1.165, 1.54) is 24.8 Å². The first-order chi connectivity index (χ1) is 15.0. The number of methoxy groups -OCH3 is 2. The van der Waals surface area contributed by atoms with Gasteiger partial charge in [0, 0.05) is 19.0 Å². The highest BCUT2D eigenvalue weighted by Gasteiger charge is 2.34. The third-order valence-corrected chi connectivity index (χ3v) is 5.96. The van der Waals surface area contributed by atoms with Gasteiger partial charge in [-0.3, -0.25) is 9.79 Å². The van der Waals surface area contributed by atoms with E-state index in [-0.39, 0.29) is 35.2 Å². The molecule has 0 unspecified atom stereocenters. The summed E-state index contributed by atoms with van der Waals surface area (Å²) >= 11 is 0. The molecule has 0 saturated heterocycles. The number of amides is 1. The standard InChI is InChI=1S/C23H32N4O4.HI/c1-25-22(26-14-17-8-10-19(31-17)21(24)28)27-15-23(11-5-4-6-12-23)16-7-9-18(29-2)20(13-16)30-3;/h7-10,13H,4-6,11-12,14-15H2,1-3H3,(H2,24,28)(H2,25,26,27);1H. The third-order valence-electron chi connectivity index (χ3n) is 5.96. The summed E-state index contributed by atoms with van der Waals surface area (Å²) < 4.78 is 16.4. The van der Waals surface area contributed by atoms with Crippen LogP contribution in [0, 0.1) is 0 Å². The number of carbonyl (C=O) groups is 1. The number of ether oxygens (including phenoxy) is 2. The largest absolute Gasteiger partial charge is 0.493 e. The Bertz CT molecular complexity index is 922. The van der Waals surface area contributed by atoms with Crippen LogP contribution in [-0.2, 0) is 12.0 Å². The second-order valence-corrected chi connectivity index (χ2v) is 7.82. The molecule has 4 N–H and O–H groups in total. The van der Waals surface area contributed by atoms with Gasteiger partial charge in [-0.05, 0) is 42.7 Å². The van der Waals surface area contributed by atoms with E-state index >= 15 is 0 Å². The molecule has 3 rings (SSSR count). The number of carbonyl (C=O) groups excluding carboxylic acids is 1. The van der Waals surface area contributed by atoms with E-state index in [4.69, 9.17) is 19.6 Å². The molecule has 1 aliphatic rings. The lowest BCUT2D eigenvalue weighted by atomic mass is 9.69. The Morgan fingerprint density at radius 3 is 2.41 bits per heavy atom. The lowest BCUT2D eigenvalue weighted by Crippen LogP contribution is -2.46. The highest BCUT2D eigenvalue weighted by Crippen LogP contribution is 2.42. The van der Waals surface area contributed by atoms with E-state index in [2.05, 4.69) is 27.8 Å². The van der Waals surface area contributed by atoms with Crippen molar-refractivity contribution >= 4 is 35.8 Å². The number of aliphatic imine (C=N–C) groups is 1. The van der Waals surface area contributed by atoms with Crippen molar-refractivity contribution in [2.45, 2.75) is 44.1 Å². The molecule has 1 aromatic heterocycles. The second kappa shape index (κ2) is 12.0. The number of halogens is 1. The topological polar surface area (TPSA) is 111 Å². The number of guanidine groups is 1. The van der Waals surface area contributed by atoms with Crippen molar-refractivity contribution in [3.05, 3.63) is 47.4 Å². The molecular formula is C23H33IN4O4. The van der Waals surface area contributed by atoms with Crippen LogP contribution in [-0.4, -0.2) is 39.7 Å². The van der Waals surface area contributed by atoms with Crippen molar-refractivity contribution in [3.63, 3.8) is 0 Å². The molecule has 0 radical (unpaired) electrons. The van der Waals surface area contributed by atoms with Crippen molar-refractivity contribution in [1.29, 1.82) is 0 Å². The summed E-state index contributed by atoms with van der Waals surface area (Å²) in [4.78, 5) is 15.5. The van der Waals surface area contributed by atoms with E-state index < -0.39 is 5.91 Å². The van der Waals surface area contributed by atoms with Crippen LogP contribution >= 0.6 is 24.0 Å². The van der Waals surface area contributed by atoms with E-state index in [0.717, 1.165) is 30.9 Å². The molecule has 0 atom stereocenters. The van der Waals surface area contributed by atoms with E-state index in [1.54, 1.807) is 33.4 Å². The quantitative estimate of drug-likeness (QED) is 0.261. The number of rotatable bonds is 8. The Morgan fingerprint density at radius 1 is 1.09 bits per heavy atom. The molecule has 0 aliphatic heterocycles. The first-order valence-electron chi connectivity index (χ1n) is 10.6. The van der Waals surface area contributed by atoms with Crippen LogP contribution in [0.25, 0.3) is 0 Å². The SMILES string of the molecule is CN=C(NCc1ccc(C(N)=O)o1)NCC1(c2ccc(OC)c(OC)c2)CCCCC1.I. The number of furan rings is 1. The zero-order valence-electron chi connectivity index (χ0n) is 18.9. The predicted octanol–water partition coefficient (Wildman–Crippen LogP) is 3.58. The first-order valence-corrected chi connectivity index (χ1v) is 10.6. The van der Waals surface area contributed by atoms with Crippen LogP contribution in [0.3, 0.4) is 0 Å². The fourth-order valence-corrected chi connectivity index (χ4v) is 4.21. The van der Waals surface area contributed by atoms with Gasteiger partial charge < -0.3 is 30.3 Å². The highest BCUT2D eigenvalue weighted by atomic mass is 127. The summed E-state index contributed by atoms with van der Waals surface area (Å²) in [6.45, 7) is 1.14. The maximum absolute atomic E-state index is 11.2. The Hall–Kier alpha value is -2.43. The number of primary amides is 1. The van der Waals surface area contributed by atoms with Crippen molar-refractivity contribution in [3.8, 4) is 11.5 Å². The smallest absolute Gasteiger partial charge is 0.284 e. The van der Waals surface area contributed by atoms with E-state index in [1.807, 2.05) is 6.07 Å². The molecule has 1 aliphatic carbocycles. The summed E-state index contributed by atoms with van der Waals surface area (Å²) in [7, 11) is 5.05. The van der Waals surface area contributed by atoms with Gasteiger partial charge in [-0.2, -0.15) is 0 Å². The van der Waals surface area contributed by atoms with Gasteiger partial charge in [0.1, 0.15) is 5.76 Å². The van der Waals surface area contributed by atoms with Gasteiger partial charge in [-0.15, -0.1) is 24.0 Å². The van der Waals surface area contributed by atoms with Crippen molar-refractivity contribution in [2.75, 3.05) is 27.8 Å². The number of hydrogen-bond donors (Lipinski definition) is 3. The molecule has 176 valence electrons. The maximum atomic E-state index is 11.2. The lowest BCUT2D eigenvalue weighted by Gasteiger charge is -2.38. The average Bonchev–Trinajstić information content (AvgIpc) is 3.29. The molecular weight excluding hydrogens is 523 g/mol. The first kappa shape index (κ1) is 25.8. The van der Waals surface area contributed by atoms with Crippen molar-refractivity contribution < 1.29 is 18.7 Å². The van der Waals surface area contributed by atoms with Gasteiger partial charge in [0.05, 0.1) is 20.8 Å². The minimum atomic E-state index is -0.581. The summed E-state index contributed by atoms with van der Waals surface area (Å²) in [6.07, 6.45) is 5.80. The second-order valence-electron chi connectivity index (χ2n) is 7.82. The Balaban J connectivity index is 0.00000363. The van der Waals surface area contributed by atoms with Gasteiger partial charge >= 0.3 is 0 Å². The summed E-state index contributed by atoms with van der Waals surface area (Å²) in [6, 6.07) is 9.51. The normalized spacial score (nSPS) is 15.4. The van der Waals surface area contributed by atoms with Gasteiger partial charge in [0.25, 0.3) is 5.91 Å². The molecule has 2 aromatic rings. The third kappa shape index (κ3) is 6.08. The Kier molecular flexibility index (Phi) is 9.67. The molecule has 32 heavy (non-hydrogen) atoms. The number of nitrogens with zero attached hydrogens (tertiary/aromatic N) is 1. The van der Waals surface area contributed by atoms with Crippen LogP contribution in [0.5, 0.6) is 11.5 Å². The molecule has 1 heterocycles. The van der Waals surface area contributed by atoms with Crippen LogP contribution in [0.4, 0.5) is 0 Å². The van der Waals surface area contributed by atoms with E-state index in [0.29, 0.717) is 18.3 Å². The fraction of sp³-hybridized carbons (Fsp3) is 0.478. The maximum Gasteiger partial charge on any atom is 0.284 e. The van der Waals surface area contributed by atoms with E-state index in [9.17, 15) is 4.79 Å². The summed E-state index contributed by atoms with van der Waals surface area (Å²) in [5, 5.41) is 6.71. The van der Waals surface area contributed by atoms with Crippen LogP contribution < -0.4 is 25.8 Å². The van der Waals surface area contributed by atoms with Crippen molar-refractivity contribution in [2.24, 2.45) is 10.7 Å². The molecule has 9 heteroatoms.